The smallest absolute Gasteiger partial charge is 0.370 e. The maximum Gasteiger partial charge on any atom is 0.370 e. The molecule has 1 aliphatic rings. The van der Waals surface area contributed by atoms with Crippen LogP contribution in [0.4, 0.5) is 11.4 Å². The van der Waals surface area contributed by atoms with Crippen molar-refractivity contribution in [1.82, 2.24) is 19.7 Å². The molecule has 0 saturated carbocycles. The number of carbonyl (C=O) groups excluding carboxylic acids is 1. The van der Waals surface area contributed by atoms with Crippen molar-refractivity contribution >= 4 is 33.3 Å². The number of rotatable bonds is 12. The molecule has 234 valence electrons. The number of nitro benzene ring substituents is 1. The molecule has 1 aromatic heterocycles. The number of carboxylic acid groups (broad SMARTS) is 1. The number of carbonyl (C=O) groups is 2. The number of amides is 1. The fourth-order valence-electron chi connectivity index (χ4n) is 4.49. The van der Waals surface area contributed by atoms with Gasteiger partial charge in [-0.15, -0.1) is 5.10 Å². The number of nitrogens with one attached hydrogen (secondary N) is 2. The molecule has 0 bridgehead atoms. The molecule has 0 saturated heterocycles. The molecule has 3 aromatic rings. The van der Waals surface area contributed by atoms with Crippen molar-refractivity contribution in [3.63, 3.8) is 0 Å². The van der Waals surface area contributed by atoms with E-state index in [4.69, 9.17) is 4.74 Å². The second-order valence-electron chi connectivity index (χ2n) is 9.76. The molecule has 44 heavy (non-hydrogen) atoms. The summed E-state index contributed by atoms with van der Waals surface area (Å²) in [5.41, 5.74) is 0.599. The Labute approximate surface area is 249 Å². The van der Waals surface area contributed by atoms with Crippen LogP contribution in [0.25, 0.3) is 11.3 Å². The van der Waals surface area contributed by atoms with Gasteiger partial charge >= 0.3 is 5.97 Å². The Morgan fingerprint density at radius 1 is 1.16 bits per heavy atom. The number of anilines is 1. The number of aliphatic hydroxyl groups is 3. The maximum absolute atomic E-state index is 12.7. The zero-order valence-electron chi connectivity index (χ0n) is 22.9. The predicted molar refractivity (Wildman–Crippen MR) is 150 cm³/mol. The Balaban J connectivity index is 1.51. The van der Waals surface area contributed by atoms with Gasteiger partial charge in [0, 0.05) is 23.6 Å². The second kappa shape index (κ2) is 13.3. The number of allylic oxidation sites excluding steroid dienone is 1. The summed E-state index contributed by atoms with van der Waals surface area (Å²) in [6.07, 6.45) is -1.68. The van der Waals surface area contributed by atoms with Crippen LogP contribution < -0.4 is 10.0 Å². The van der Waals surface area contributed by atoms with Crippen LogP contribution in [0.5, 0.6) is 0 Å². The molecule has 5 atom stereocenters. The number of aliphatic carboxylic acids is 1. The quantitative estimate of drug-likeness (QED) is 0.114. The van der Waals surface area contributed by atoms with Crippen molar-refractivity contribution in [1.29, 1.82) is 0 Å². The molecule has 18 heteroatoms. The van der Waals surface area contributed by atoms with E-state index in [-0.39, 0.29) is 22.0 Å². The fourth-order valence-corrected chi connectivity index (χ4v) is 5.47. The molecular formula is C26H28N6O11S. The molecule has 2 aromatic carbocycles. The van der Waals surface area contributed by atoms with Gasteiger partial charge in [0.1, 0.15) is 24.0 Å². The first-order valence-corrected chi connectivity index (χ1v) is 14.4. The SMILES string of the molecule is C[C@H]1[C@H]([C@H](O)[C@H](O)CO)OC(C(=O)O)=C[C@@H]1n1cc(-c2ccccc2NC(=O)CNS(=O)(=O)c2ccc([N+](=O)[O-])cc2)nn1. The van der Waals surface area contributed by atoms with Crippen molar-refractivity contribution in [3.8, 4) is 11.3 Å². The Bertz CT molecular complexity index is 1680. The molecule has 4 rings (SSSR count). The lowest BCUT2D eigenvalue weighted by Crippen LogP contribution is -2.48. The summed E-state index contributed by atoms with van der Waals surface area (Å²) in [5.74, 6) is -3.30. The van der Waals surface area contributed by atoms with Crippen molar-refractivity contribution < 1.29 is 48.1 Å². The summed E-state index contributed by atoms with van der Waals surface area (Å²) in [7, 11) is -4.16. The molecule has 1 amide bonds. The Kier molecular flexibility index (Phi) is 9.70. The first kappa shape index (κ1) is 32.2. The number of benzene rings is 2. The van der Waals surface area contributed by atoms with Gasteiger partial charge < -0.3 is 30.5 Å². The summed E-state index contributed by atoms with van der Waals surface area (Å²) in [5, 5.41) is 60.8. The molecule has 0 unspecified atom stereocenters. The molecule has 17 nitrogen and oxygen atoms in total. The number of nitro groups is 1. The third-order valence-electron chi connectivity index (χ3n) is 6.84. The third-order valence-corrected chi connectivity index (χ3v) is 8.26. The minimum Gasteiger partial charge on any atom is -0.480 e. The molecular weight excluding hydrogens is 604 g/mol. The van der Waals surface area contributed by atoms with E-state index in [9.17, 15) is 48.5 Å². The van der Waals surface area contributed by atoms with Crippen LogP contribution in [0, 0.1) is 16.0 Å². The highest BCUT2D eigenvalue weighted by atomic mass is 32.2. The van der Waals surface area contributed by atoms with Crippen molar-refractivity contribution in [3.05, 3.63) is 76.7 Å². The van der Waals surface area contributed by atoms with E-state index in [2.05, 4.69) is 20.4 Å². The van der Waals surface area contributed by atoms with Crippen molar-refractivity contribution in [2.24, 2.45) is 5.92 Å². The van der Waals surface area contributed by atoms with Gasteiger partial charge in [0.05, 0.1) is 40.9 Å². The number of nitrogens with zero attached hydrogens (tertiary/aromatic N) is 4. The first-order chi connectivity index (χ1) is 20.8. The summed E-state index contributed by atoms with van der Waals surface area (Å²) < 4.78 is 34.0. The average Bonchev–Trinajstić information content (AvgIpc) is 3.49. The average molecular weight is 633 g/mol. The zero-order chi connectivity index (χ0) is 32.2. The number of para-hydroxylation sites is 1. The molecule has 1 aliphatic heterocycles. The highest BCUT2D eigenvalue weighted by Crippen LogP contribution is 2.35. The summed E-state index contributed by atoms with van der Waals surface area (Å²) in [6.45, 7) is 0.191. The first-order valence-electron chi connectivity index (χ1n) is 13.0. The third kappa shape index (κ3) is 7.06. The second-order valence-corrected chi connectivity index (χ2v) is 11.5. The number of carboxylic acids is 1. The molecule has 2 heterocycles. The molecule has 0 aliphatic carbocycles. The highest BCUT2D eigenvalue weighted by Gasteiger charge is 2.41. The number of non-ortho nitro benzene ring substituents is 1. The van der Waals surface area contributed by atoms with Gasteiger partial charge in [0.15, 0.2) is 0 Å². The van der Waals surface area contributed by atoms with Crippen LogP contribution in [-0.2, 0) is 24.3 Å². The van der Waals surface area contributed by atoms with Gasteiger partial charge in [-0.2, -0.15) is 0 Å². The normalized spacial score (nSPS) is 19.7. The lowest BCUT2D eigenvalue weighted by molar-refractivity contribution is -0.384. The largest absolute Gasteiger partial charge is 0.480 e. The number of aromatic nitrogens is 3. The van der Waals surface area contributed by atoms with Crippen molar-refractivity contribution in [2.75, 3.05) is 18.5 Å². The number of sulfonamides is 1. The standard InChI is InChI=1S/C26H28N6O11S/c1-14-20(10-22(26(37)38)43-25(14)24(36)21(34)13-33)31-12-19(29-30-31)17-4-2-3-5-18(17)28-23(35)11-27-44(41,42)16-8-6-15(7-9-16)32(39)40/h2-10,12,14,20-21,24-25,27,33-34,36H,11,13H2,1H3,(H,28,35)(H,37,38)/t14-,20+,21-,24-,25-/m1/s1. The number of ether oxygens (including phenoxy) is 1. The van der Waals surface area contributed by atoms with Crippen molar-refractivity contribution in [2.45, 2.75) is 36.2 Å². The van der Waals surface area contributed by atoms with Crippen LogP contribution in [0.2, 0.25) is 0 Å². The number of hydrogen-bond acceptors (Lipinski definition) is 12. The number of aliphatic hydroxyl groups excluding tert-OH is 3. The van der Waals surface area contributed by atoms with Crippen LogP contribution in [0.15, 0.2) is 71.5 Å². The van der Waals surface area contributed by atoms with Gasteiger partial charge in [-0.3, -0.25) is 14.9 Å². The van der Waals surface area contributed by atoms with Crippen LogP contribution in [0.3, 0.4) is 0 Å². The fraction of sp³-hybridized carbons (Fsp3) is 0.308. The summed E-state index contributed by atoms with van der Waals surface area (Å²) in [6, 6.07) is 9.76. The van der Waals surface area contributed by atoms with Gasteiger partial charge in [-0.25, -0.2) is 22.6 Å². The van der Waals surface area contributed by atoms with E-state index >= 15 is 0 Å². The van der Waals surface area contributed by atoms with Crippen LogP contribution >= 0.6 is 0 Å². The summed E-state index contributed by atoms with van der Waals surface area (Å²) >= 11 is 0. The predicted octanol–water partition coefficient (Wildman–Crippen LogP) is 0.0289. The summed E-state index contributed by atoms with van der Waals surface area (Å²) in [4.78, 5) is 34.3. The van der Waals surface area contributed by atoms with E-state index in [1.54, 1.807) is 31.2 Å². The Morgan fingerprint density at radius 3 is 2.48 bits per heavy atom. The minimum atomic E-state index is -4.16. The molecule has 0 fully saturated rings. The zero-order valence-corrected chi connectivity index (χ0v) is 23.7. The topological polar surface area (TPSA) is 256 Å². The molecule has 6 N–H and O–H groups in total. The van der Waals surface area contributed by atoms with E-state index in [1.807, 2.05) is 0 Å². The van der Waals surface area contributed by atoms with Gasteiger partial charge in [0.2, 0.25) is 21.7 Å². The Hall–Kier alpha value is -4.75. The minimum absolute atomic E-state index is 0.250. The highest BCUT2D eigenvalue weighted by molar-refractivity contribution is 7.89. The molecule has 0 spiro atoms. The number of hydrogen-bond donors (Lipinski definition) is 6. The van der Waals surface area contributed by atoms with Crippen LogP contribution in [-0.4, -0.2) is 92.1 Å². The lowest BCUT2D eigenvalue weighted by Gasteiger charge is -2.37. The van der Waals surface area contributed by atoms with E-state index in [1.165, 1.54) is 17.0 Å². The van der Waals surface area contributed by atoms with E-state index in [0.717, 1.165) is 24.3 Å². The van der Waals surface area contributed by atoms with Gasteiger partial charge in [-0.1, -0.05) is 30.3 Å². The van der Waals surface area contributed by atoms with Crippen LogP contribution in [0.1, 0.15) is 13.0 Å². The molecule has 0 radical (unpaired) electrons. The van der Waals surface area contributed by atoms with E-state index in [0.29, 0.717) is 5.56 Å². The lowest BCUT2D eigenvalue weighted by atomic mass is 9.87. The van der Waals surface area contributed by atoms with Gasteiger partial charge in [-0.05, 0) is 24.3 Å². The Morgan fingerprint density at radius 2 is 1.84 bits per heavy atom. The van der Waals surface area contributed by atoms with E-state index < -0.39 is 76.0 Å². The maximum atomic E-state index is 12.7. The monoisotopic (exact) mass is 632 g/mol. The van der Waals surface area contributed by atoms with Gasteiger partial charge in [0.25, 0.3) is 5.69 Å².